The van der Waals surface area contributed by atoms with Crippen molar-refractivity contribution >= 4 is 17.7 Å². The van der Waals surface area contributed by atoms with Gasteiger partial charge in [-0.25, -0.2) is 9.67 Å². The summed E-state index contributed by atoms with van der Waals surface area (Å²) in [6.45, 7) is 8.70. The smallest absolute Gasteiger partial charge is 0.243 e. The van der Waals surface area contributed by atoms with Gasteiger partial charge in [-0.3, -0.25) is 14.4 Å². The fourth-order valence-electron chi connectivity index (χ4n) is 4.23. The van der Waals surface area contributed by atoms with Crippen molar-refractivity contribution in [3.63, 3.8) is 0 Å². The SMILES string of the molecule is CC[C@H](C)[C@@H]1NC(=O)CCCN(C(C)=O)CCn2nc(C)nc2C(Cc2ccccc2)NC1=O. The van der Waals surface area contributed by atoms with Crippen molar-refractivity contribution in [3.8, 4) is 0 Å². The van der Waals surface area contributed by atoms with Crippen molar-refractivity contribution in [1.82, 2.24) is 30.3 Å². The van der Waals surface area contributed by atoms with Gasteiger partial charge in [0, 0.05) is 26.4 Å². The summed E-state index contributed by atoms with van der Waals surface area (Å²) in [6.07, 6.45) is 2.06. The summed E-state index contributed by atoms with van der Waals surface area (Å²) in [5.74, 6) is 0.759. The monoisotopic (exact) mass is 468 g/mol. The van der Waals surface area contributed by atoms with Crippen LogP contribution in [0.15, 0.2) is 30.3 Å². The highest BCUT2D eigenvalue weighted by molar-refractivity contribution is 5.88. The van der Waals surface area contributed by atoms with Crippen molar-refractivity contribution in [3.05, 3.63) is 47.5 Å². The molecule has 0 fully saturated rings. The van der Waals surface area contributed by atoms with E-state index in [1.165, 1.54) is 6.92 Å². The van der Waals surface area contributed by atoms with Gasteiger partial charge in [0.25, 0.3) is 0 Å². The quantitative estimate of drug-likeness (QED) is 0.715. The summed E-state index contributed by atoms with van der Waals surface area (Å²) in [6, 6.07) is 8.81. The molecule has 1 aliphatic rings. The summed E-state index contributed by atoms with van der Waals surface area (Å²) >= 11 is 0. The van der Waals surface area contributed by atoms with Crippen LogP contribution < -0.4 is 10.6 Å². The highest BCUT2D eigenvalue weighted by Gasteiger charge is 2.30. The van der Waals surface area contributed by atoms with Crippen molar-refractivity contribution < 1.29 is 14.4 Å². The van der Waals surface area contributed by atoms with Gasteiger partial charge in [-0.05, 0) is 31.2 Å². The predicted octanol–water partition coefficient (Wildman–Crippen LogP) is 2.16. The molecule has 1 aromatic heterocycles. The molecule has 2 heterocycles. The maximum absolute atomic E-state index is 13.5. The molecular formula is C25H36N6O3. The van der Waals surface area contributed by atoms with Gasteiger partial charge in [0.2, 0.25) is 17.7 Å². The predicted molar refractivity (Wildman–Crippen MR) is 129 cm³/mol. The molecule has 0 spiro atoms. The van der Waals surface area contributed by atoms with Crippen molar-refractivity contribution in [2.45, 2.75) is 72.0 Å². The number of hydrogen-bond donors (Lipinski definition) is 2. The first kappa shape index (κ1) is 25.4. The lowest BCUT2D eigenvalue weighted by molar-refractivity contribution is -0.131. The minimum atomic E-state index is -0.653. The molecule has 3 rings (SSSR count). The number of benzene rings is 1. The van der Waals surface area contributed by atoms with Crippen LogP contribution in [0.5, 0.6) is 0 Å². The van der Waals surface area contributed by atoms with E-state index in [0.717, 1.165) is 12.0 Å². The third-order valence-electron chi connectivity index (χ3n) is 6.39. The van der Waals surface area contributed by atoms with Crippen molar-refractivity contribution in [2.75, 3.05) is 13.1 Å². The van der Waals surface area contributed by atoms with Gasteiger partial charge in [0.05, 0.1) is 12.6 Å². The maximum Gasteiger partial charge on any atom is 0.243 e. The molecule has 0 aliphatic carbocycles. The first-order valence-corrected chi connectivity index (χ1v) is 12.1. The van der Waals surface area contributed by atoms with E-state index in [-0.39, 0.29) is 30.1 Å². The highest BCUT2D eigenvalue weighted by atomic mass is 16.2. The molecule has 9 heteroatoms. The van der Waals surface area contributed by atoms with Gasteiger partial charge >= 0.3 is 0 Å². The number of rotatable bonds is 4. The second-order valence-electron chi connectivity index (χ2n) is 9.03. The molecule has 9 nitrogen and oxygen atoms in total. The van der Waals surface area contributed by atoms with E-state index in [4.69, 9.17) is 0 Å². The zero-order valence-electron chi connectivity index (χ0n) is 20.6. The van der Waals surface area contributed by atoms with E-state index in [2.05, 4.69) is 20.7 Å². The van der Waals surface area contributed by atoms with Crippen molar-refractivity contribution in [2.24, 2.45) is 5.92 Å². The molecule has 0 saturated carbocycles. The minimum Gasteiger partial charge on any atom is -0.344 e. The third-order valence-corrected chi connectivity index (χ3v) is 6.39. The molecule has 2 N–H and O–H groups in total. The number of amides is 3. The van der Waals surface area contributed by atoms with Crippen LogP contribution in [0.25, 0.3) is 0 Å². The lowest BCUT2D eigenvalue weighted by Gasteiger charge is -2.28. The van der Waals surface area contributed by atoms with Crippen LogP contribution in [-0.4, -0.2) is 56.5 Å². The third kappa shape index (κ3) is 6.65. The van der Waals surface area contributed by atoms with Crippen LogP contribution in [0, 0.1) is 12.8 Å². The van der Waals surface area contributed by atoms with Gasteiger partial charge in [-0.15, -0.1) is 0 Å². The Bertz CT molecular complexity index is 990. The Hall–Kier alpha value is -3.23. The summed E-state index contributed by atoms with van der Waals surface area (Å²) in [4.78, 5) is 44.7. The molecule has 1 unspecified atom stereocenters. The van der Waals surface area contributed by atoms with Crippen molar-refractivity contribution in [1.29, 1.82) is 0 Å². The van der Waals surface area contributed by atoms with Crippen LogP contribution >= 0.6 is 0 Å². The number of carbonyl (C=O) groups excluding carboxylic acids is 3. The average molecular weight is 469 g/mol. The number of carbonyl (C=O) groups is 3. The molecule has 1 aromatic carbocycles. The molecule has 3 atom stereocenters. The van der Waals surface area contributed by atoms with E-state index in [1.54, 1.807) is 9.58 Å². The summed E-state index contributed by atoms with van der Waals surface area (Å²) in [7, 11) is 0. The zero-order chi connectivity index (χ0) is 24.7. The van der Waals surface area contributed by atoms with E-state index in [1.807, 2.05) is 51.1 Å². The van der Waals surface area contributed by atoms with E-state index >= 15 is 0 Å². The second kappa shape index (κ2) is 11.8. The number of aromatic nitrogens is 3. The molecule has 184 valence electrons. The first-order valence-electron chi connectivity index (χ1n) is 12.1. The number of fused-ring (bicyclic) bond motifs is 1. The molecule has 0 radical (unpaired) electrons. The van der Waals surface area contributed by atoms with Crippen LogP contribution in [0.4, 0.5) is 0 Å². The molecule has 1 aliphatic heterocycles. The number of hydrogen-bond acceptors (Lipinski definition) is 5. The fraction of sp³-hybridized carbons (Fsp3) is 0.560. The molecule has 34 heavy (non-hydrogen) atoms. The molecule has 0 saturated heterocycles. The fourth-order valence-corrected chi connectivity index (χ4v) is 4.23. The molecule has 0 bridgehead atoms. The van der Waals surface area contributed by atoms with Crippen LogP contribution in [0.1, 0.15) is 63.3 Å². The Morgan fingerprint density at radius 3 is 2.56 bits per heavy atom. The lowest BCUT2D eigenvalue weighted by Crippen LogP contribution is -2.51. The minimum absolute atomic E-state index is 0.0393. The second-order valence-corrected chi connectivity index (χ2v) is 9.03. The van der Waals surface area contributed by atoms with E-state index in [9.17, 15) is 14.4 Å². The summed E-state index contributed by atoms with van der Waals surface area (Å²) in [5.41, 5.74) is 1.05. The summed E-state index contributed by atoms with van der Waals surface area (Å²) in [5, 5.41) is 10.6. The largest absolute Gasteiger partial charge is 0.344 e. The van der Waals surface area contributed by atoms with Gasteiger partial charge in [0.15, 0.2) is 0 Å². The lowest BCUT2D eigenvalue weighted by atomic mass is 9.97. The Labute approximate surface area is 201 Å². The van der Waals surface area contributed by atoms with E-state index in [0.29, 0.717) is 44.1 Å². The number of nitrogens with one attached hydrogen (secondary N) is 2. The van der Waals surface area contributed by atoms with Gasteiger partial charge in [-0.2, -0.15) is 5.10 Å². The highest BCUT2D eigenvalue weighted by Crippen LogP contribution is 2.20. The first-order chi connectivity index (χ1) is 16.3. The van der Waals surface area contributed by atoms with Gasteiger partial charge in [0.1, 0.15) is 17.7 Å². The number of nitrogens with zero attached hydrogens (tertiary/aromatic N) is 4. The maximum atomic E-state index is 13.5. The topological polar surface area (TPSA) is 109 Å². The normalized spacial score (nSPS) is 21.1. The number of aryl methyl sites for hydroxylation is 1. The zero-order valence-corrected chi connectivity index (χ0v) is 20.6. The Kier molecular flexibility index (Phi) is 8.79. The average Bonchev–Trinajstić information content (AvgIpc) is 3.18. The molecular weight excluding hydrogens is 432 g/mol. The molecule has 3 amide bonds. The standard InChI is InChI=1S/C25H36N6O3/c1-5-17(2)23-25(34)27-21(16-20-10-7-6-8-11-20)24-26-18(3)29-31(24)15-14-30(19(4)32)13-9-12-22(33)28-23/h6-8,10-11,17,21,23H,5,9,12-16H2,1-4H3,(H,27,34)(H,28,33)/t17-,21?,23-/m0/s1. The Morgan fingerprint density at radius 1 is 1.15 bits per heavy atom. The van der Waals surface area contributed by atoms with Crippen LogP contribution in [0.2, 0.25) is 0 Å². The van der Waals surface area contributed by atoms with Gasteiger partial charge in [-0.1, -0.05) is 50.6 Å². The van der Waals surface area contributed by atoms with Crippen LogP contribution in [-0.2, 0) is 27.3 Å². The van der Waals surface area contributed by atoms with E-state index < -0.39 is 12.1 Å². The Morgan fingerprint density at radius 2 is 1.88 bits per heavy atom. The van der Waals surface area contributed by atoms with Gasteiger partial charge < -0.3 is 15.5 Å². The Balaban J connectivity index is 2.00. The summed E-state index contributed by atoms with van der Waals surface area (Å²) < 4.78 is 1.79. The molecule has 2 aromatic rings. The van der Waals surface area contributed by atoms with Crippen LogP contribution in [0.3, 0.4) is 0 Å².